The summed E-state index contributed by atoms with van der Waals surface area (Å²) in [5.74, 6) is 0. The highest BCUT2D eigenvalue weighted by molar-refractivity contribution is 5.71. The van der Waals surface area contributed by atoms with Gasteiger partial charge in [0.2, 0.25) is 0 Å². The van der Waals surface area contributed by atoms with E-state index in [0.717, 1.165) is 24.7 Å². The number of allylic oxidation sites excluding steroid dienone is 2. The second-order valence-electron chi connectivity index (χ2n) is 1.85. The molecular weight excluding hydrogens is 100 g/mol. The van der Waals surface area contributed by atoms with Crippen molar-refractivity contribution in [2.75, 3.05) is 0 Å². The van der Waals surface area contributed by atoms with E-state index in [1.807, 2.05) is 13.0 Å². The van der Waals surface area contributed by atoms with E-state index < -0.39 is 0 Å². The van der Waals surface area contributed by atoms with Gasteiger partial charge in [0.05, 0.1) is 0 Å². The minimum Gasteiger partial charge on any atom is -0.298 e. The summed E-state index contributed by atoms with van der Waals surface area (Å²) < 4.78 is 0. The Morgan fingerprint density at radius 1 is 1.62 bits per heavy atom. The van der Waals surface area contributed by atoms with Gasteiger partial charge in [0, 0.05) is 0 Å². The molecule has 0 amide bonds. The zero-order valence-electron chi connectivity index (χ0n) is 5.48. The molecule has 0 bridgehead atoms. The Morgan fingerprint density at radius 3 is 2.62 bits per heavy atom. The number of hydrogen-bond donors (Lipinski definition) is 0. The van der Waals surface area contributed by atoms with Crippen LogP contribution < -0.4 is 0 Å². The third-order valence-electron chi connectivity index (χ3n) is 0.941. The molecule has 0 aliphatic carbocycles. The highest BCUT2D eigenvalue weighted by Crippen LogP contribution is 1.93. The van der Waals surface area contributed by atoms with Gasteiger partial charge in [0.15, 0.2) is 0 Å². The van der Waals surface area contributed by atoms with E-state index >= 15 is 0 Å². The van der Waals surface area contributed by atoms with Crippen LogP contribution in [0.3, 0.4) is 0 Å². The summed E-state index contributed by atoms with van der Waals surface area (Å²) in [6.45, 7) is 3.91. The van der Waals surface area contributed by atoms with Gasteiger partial charge in [-0.3, -0.25) is 4.79 Å². The topological polar surface area (TPSA) is 17.1 Å². The quantitative estimate of drug-likeness (QED) is 0.402. The Labute approximate surface area is 50.4 Å². The molecule has 8 heavy (non-hydrogen) atoms. The number of carbonyl (C=O) groups excluding carboxylic acids is 1. The Bertz CT molecular complexity index is 92.6. The fourth-order valence-corrected chi connectivity index (χ4v) is 0.420. The Morgan fingerprint density at radius 2 is 2.25 bits per heavy atom. The van der Waals surface area contributed by atoms with Gasteiger partial charge >= 0.3 is 0 Å². The average Bonchev–Trinajstić information content (AvgIpc) is 1.83. The minimum absolute atomic E-state index is 0.840. The molecule has 0 saturated carbocycles. The second kappa shape index (κ2) is 4.57. The van der Waals surface area contributed by atoms with Crippen molar-refractivity contribution in [1.29, 1.82) is 0 Å². The molecule has 1 heteroatoms. The Kier molecular flexibility index (Phi) is 4.23. The van der Waals surface area contributed by atoms with Gasteiger partial charge in [0.25, 0.3) is 0 Å². The fourth-order valence-electron chi connectivity index (χ4n) is 0.420. The smallest absolute Gasteiger partial charge is 0.145 e. The third kappa shape index (κ3) is 3.59. The van der Waals surface area contributed by atoms with E-state index in [4.69, 9.17) is 0 Å². The molecule has 0 saturated heterocycles. The molecule has 0 aromatic rings. The van der Waals surface area contributed by atoms with Gasteiger partial charge in [-0.05, 0) is 18.9 Å². The molecule has 0 spiro atoms. The highest BCUT2D eigenvalue weighted by atomic mass is 16.1. The number of carbonyl (C=O) groups is 1. The summed E-state index contributed by atoms with van der Waals surface area (Å²) in [4.78, 5) is 9.94. The molecular formula is C7H12O. The SMILES string of the molecule is CCC/C=C(/C)C=O. The van der Waals surface area contributed by atoms with Crippen LogP contribution in [0.4, 0.5) is 0 Å². The first-order chi connectivity index (χ1) is 3.81. The van der Waals surface area contributed by atoms with Crippen molar-refractivity contribution in [3.05, 3.63) is 11.6 Å². The van der Waals surface area contributed by atoms with Gasteiger partial charge in [-0.1, -0.05) is 19.4 Å². The lowest BCUT2D eigenvalue weighted by molar-refractivity contribution is -0.104. The zero-order chi connectivity index (χ0) is 6.41. The maximum atomic E-state index is 9.94. The fraction of sp³-hybridized carbons (Fsp3) is 0.571. The maximum Gasteiger partial charge on any atom is 0.145 e. The van der Waals surface area contributed by atoms with Crippen molar-refractivity contribution in [2.45, 2.75) is 26.7 Å². The predicted molar refractivity (Wildman–Crippen MR) is 34.7 cm³/mol. The molecule has 0 atom stereocenters. The summed E-state index contributed by atoms with van der Waals surface area (Å²) in [6.07, 6.45) is 4.97. The number of rotatable bonds is 3. The van der Waals surface area contributed by atoms with E-state index in [-0.39, 0.29) is 0 Å². The van der Waals surface area contributed by atoms with Crippen LogP contribution in [-0.4, -0.2) is 6.29 Å². The van der Waals surface area contributed by atoms with Gasteiger partial charge in [-0.15, -0.1) is 0 Å². The van der Waals surface area contributed by atoms with E-state index in [1.54, 1.807) is 0 Å². The van der Waals surface area contributed by atoms with Crippen LogP contribution in [0.5, 0.6) is 0 Å². The second-order valence-corrected chi connectivity index (χ2v) is 1.85. The van der Waals surface area contributed by atoms with Gasteiger partial charge in [-0.2, -0.15) is 0 Å². The molecule has 0 radical (unpaired) electrons. The van der Waals surface area contributed by atoms with Crippen molar-refractivity contribution in [1.82, 2.24) is 0 Å². The predicted octanol–water partition coefficient (Wildman–Crippen LogP) is 1.93. The van der Waals surface area contributed by atoms with Crippen molar-refractivity contribution in [3.8, 4) is 0 Å². The van der Waals surface area contributed by atoms with Crippen molar-refractivity contribution in [2.24, 2.45) is 0 Å². The van der Waals surface area contributed by atoms with Crippen LogP contribution in [0.2, 0.25) is 0 Å². The monoisotopic (exact) mass is 112 g/mol. The molecule has 0 N–H and O–H groups in total. The molecule has 0 aliphatic rings. The molecule has 0 aromatic carbocycles. The number of aldehydes is 1. The van der Waals surface area contributed by atoms with Crippen molar-refractivity contribution >= 4 is 6.29 Å². The zero-order valence-corrected chi connectivity index (χ0v) is 5.48. The highest BCUT2D eigenvalue weighted by Gasteiger charge is 1.79. The van der Waals surface area contributed by atoms with E-state index in [1.165, 1.54) is 0 Å². The van der Waals surface area contributed by atoms with Gasteiger partial charge in [-0.25, -0.2) is 0 Å². The summed E-state index contributed by atoms with van der Waals surface area (Å²) in [5.41, 5.74) is 0.840. The molecule has 0 aromatic heterocycles. The van der Waals surface area contributed by atoms with Gasteiger partial charge < -0.3 is 0 Å². The summed E-state index contributed by atoms with van der Waals surface area (Å²) in [6, 6.07) is 0. The molecule has 46 valence electrons. The normalized spacial score (nSPS) is 11.5. The largest absolute Gasteiger partial charge is 0.298 e. The Balaban J connectivity index is 3.40. The molecule has 0 heterocycles. The van der Waals surface area contributed by atoms with Crippen molar-refractivity contribution < 1.29 is 4.79 Å². The first-order valence-electron chi connectivity index (χ1n) is 2.93. The third-order valence-corrected chi connectivity index (χ3v) is 0.941. The maximum absolute atomic E-state index is 9.94. The lowest BCUT2D eigenvalue weighted by Crippen LogP contribution is -1.74. The first-order valence-corrected chi connectivity index (χ1v) is 2.93. The molecule has 0 unspecified atom stereocenters. The molecule has 1 nitrogen and oxygen atoms in total. The Hall–Kier alpha value is -0.590. The number of hydrogen-bond acceptors (Lipinski definition) is 1. The van der Waals surface area contributed by atoms with E-state index in [2.05, 4.69) is 6.92 Å². The standard InChI is InChI=1S/C7H12O/c1-3-4-5-7(2)6-8/h5-6H,3-4H2,1-2H3/b7-5-. The van der Waals surface area contributed by atoms with Crippen LogP contribution in [0.15, 0.2) is 11.6 Å². The lowest BCUT2D eigenvalue weighted by Gasteiger charge is -1.84. The summed E-state index contributed by atoms with van der Waals surface area (Å²) in [5, 5.41) is 0. The van der Waals surface area contributed by atoms with E-state index in [0.29, 0.717) is 0 Å². The minimum atomic E-state index is 0.840. The molecule has 0 aliphatic heterocycles. The van der Waals surface area contributed by atoms with Crippen molar-refractivity contribution in [3.63, 3.8) is 0 Å². The van der Waals surface area contributed by atoms with Crippen LogP contribution >= 0.6 is 0 Å². The van der Waals surface area contributed by atoms with Crippen LogP contribution in [0, 0.1) is 0 Å². The van der Waals surface area contributed by atoms with E-state index in [9.17, 15) is 4.79 Å². The summed E-state index contributed by atoms with van der Waals surface area (Å²) >= 11 is 0. The van der Waals surface area contributed by atoms with Crippen LogP contribution in [0.1, 0.15) is 26.7 Å². The first kappa shape index (κ1) is 7.41. The molecule has 0 fully saturated rings. The average molecular weight is 112 g/mol. The lowest BCUT2D eigenvalue weighted by atomic mass is 10.2. The molecule has 0 rings (SSSR count). The summed E-state index contributed by atoms with van der Waals surface area (Å²) in [7, 11) is 0. The van der Waals surface area contributed by atoms with Crippen LogP contribution in [-0.2, 0) is 4.79 Å². The van der Waals surface area contributed by atoms with Crippen LogP contribution in [0.25, 0.3) is 0 Å². The van der Waals surface area contributed by atoms with Gasteiger partial charge in [0.1, 0.15) is 6.29 Å². The number of unbranched alkanes of at least 4 members (excludes halogenated alkanes) is 1.